The van der Waals surface area contributed by atoms with Crippen LogP contribution in [0.3, 0.4) is 0 Å². The Morgan fingerprint density at radius 2 is 1.53 bits per heavy atom. The van der Waals surface area contributed by atoms with Gasteiger partial charge in [-0.1, -0.05) is 149 Å². The maximum atomic E-state index is 13.4. The predicted molar refractivity (Wildman–Crippen MR) is 214 cm³/mol. The van der Waals surface area contributed by atoms with Gasteiger partial charge in [-0.15, -0.1) is 0 Å². The Balaban J connectivity index is 1.22. The molecule has 0 radical (unpaired) electrons. The molecule has 1 N–H and O–H groups in total. The van der Waals surface area contributed by atoms with Gasteiger partial charge in [0.15, 0.2) is 0 Å². The summed E-state index contributed by atoms with van der Waals surface area (Å²) in [6.45, 7) is 14.8. The molecule has 9 unspecified atom stereocenters. The number of carboxylic acid groups (broad SMARTS) is 1. The van der Waals surface area contributed by atoms with Crippen LogP contribution in [0.1, 0.15) is 202 Å². The molecule has 9 atom stereocenters. The van der Waals surface area contributed by atoms with Gasteiger partial charge in [0, 0.05) is 6.42 Å². The highest BCUT2D eigenvalue weighted by Gasteiger charge is 2.59. The van der Waals surface area contributed by atoms with Gasteiger partial charge in [-0.25, -0.2) is 0 Å². The number of allylic oxidation sites excluding steroid dienone is 3. The average molecular weight is 709 g/mol. The highest BCUT2D eigenvalue weighted by Crippen LogP contribution is 2.67. The maximum absolute atomic E-state index is 13.4. The molecule has 51 heavy (non-hydrogen) atoms. The van der Waals surface area contributed by atoms with Gasteiger partial charge in [0.2, 0.25) is 0 Å². The molecule has 4 nitrogen and oxygen atoms in total. The number of carboxylic acids is 1. The molecule has 3 saturated carbocycles. The van der Waals surface area contributed by atoms with Gasteiger partial charge in [-0.05, 0) is 111 Å². The molecular formula is C47H80O4. The fourth-order valence-electron chi connectivity index (χ4n) is 11.8. The van der Waals surface area contributed by atoms with Crippen molar-refractivity contribution in [1.29, 1.82) is 0 Å². The highest BCUT2D eigenvalue weighted by atomic mass is 16.5. The summed E-state index contributed by atoms with van der Waals surface area (Å²) in [5, 5.41) is 9.60. The largest absolute Gasteiger partial charge is 0.481 e. The van der Waals surface area contributed by atoms with Crippen LogP contribution in [0.25, 0.3) is 0 Å². The molecule has 0 aromatic carbocycles. The molecule has 4 heteroatoms. The molecular weight excluding hydrogens is 629 g/mol. The second-order valence-electron chi connectivity index (χ2n) is 18.9. The van der Waals surface area contributed by atoms with Gasteiger partial charge in [-0.2, -0.15) is 0 Å². The number of unbranched alkanes of at least 4 members (excludes halogenated alkanes) is 11. The number of rotatable bonds is 23. The summed E-state index contributed by atoms with van der Waals surface area (Å²) in [5.74, 6) is 3.07. The van der Waals surface area contributed by atoms with Crippen LogP contribution in [0.2, 0.25) is 0 Å². The number of hydrogen-bond donors (Lipinski definition) is 1. The lowest BCUT2D eigenvalue weighted by Crippen LogP contribution is -2.51. The fraction of sp³-hybridized carbons (Fsp3) is 0.872. The van der Waals surface area contributed by atoms with E-state index in [0.29, 0.717) is 11.8 Å². The lowest BCUT2D eigenvalue weighted by molar-refractivity contribution is -0.159. The van der Waals surface area contributed by atoms with Gasteiger partial charge in [0.05, 0.1) is 12.3 Å². The van der Waals surface area contributed by atoms with E-state index in [2.05, 4.69) is 53.7 Å². The van der Waals surface area contributed by atoms with E-state index in [9.17, 15) is 14.7 Å². The van der Waals surface area contributed by atoms with Crippen molar-refractivity contribution in [2.24, 2.45) is 52.3 Å². The zero-order valence-electron chi connectivity index (χ0n) is 34.2. The number of hydrogen-bond acceptors (Lipinski definition) is 3. The Morgan fingerprint density at radius 3 is 2.20 bits per heavy atom. The zero-order valence-corrected chi connectivity index (χ0v) is 34.2. The van der Waals surface area contributed by atoms with Gasteiger partial charge in [0.1, 0.15) is 6.10 Å². The molecule has 0 saturated heterocycles. The van der Waals surface area contributed by atoms with Crippen molar-refractivity contribution < 1.29 is 19.4 Å². The summed E-state index contributed by atoms with van der Waals surface area (Å²) in [6, 6.07) is 0. The summed E-state index contributed by atoms with van der Waals surface area (Å²) in [4.78, 5) is 25.1. The van der Waals surface area contributed by atoms with Crippen molar-refractivity contribution in [1.82, 2.24) is 0 Å². The topological polar surface area (TPSA) is 63.6 Å². The first-order valence-electron chi connectivity index (χ1n) is 22.3. The Bertz CT molecular complexity index is 1120. The number of carbonyl (C=O) groups excluding carboxylic acids is 1. The second kappa shape index (κ2) is 20.8. The number of carbonyl (C=O) groups is 2. The lowest BCUT2D eigenvalue weighted by atomic mass is 9.47. The van der Waals surface area contributed by atoms with E-state index in [0.717, 1.165) is 67.6 Å². The first kappa shape index (κ1) is 42.2. The van der Waals surface area contributed by atoms with E-state index >= 15 is 0 Å². The van der Waals surface area contributed by atoms with Crippen molar-refractivity contribution in [3.05, 3.63) is 23.8 Å². The normalized spacial score (nSPS) is 31.5. The summed E-state index contributed by atoms with van der Waals surface area (Å²) in [5.41, 5.74) is 2.23. The molecule has 0 spiro atoms. The zero-order chi connectivity index (χ0) is 36.9. The summed E-state index contributed by atoms with van der Waals surface area (Å²) >= 11 is 0. The van der Waals surface area contributed by atoms with E-state index < -0.39 is 11.9 Å². The van der Waals surface area contributed by atoms with E-state index in [-0.39, 0.29) is 23.9 Å². The molecule has 4 rings (SSSR count). The Hall–Kier alpha value is -1.58. The molecule has 0 aromatic rings. The van der Waals surface area contributed by atoms with Crippen molar-refractivity contribution >= 4 is 11.9 Å². The summed E-state index contributed by atoms with van der Waals surface area (Å²) in [7, 11) is 0. The van der Waals surface area contributed by atoms with Crippen LogP contribution in [0, 0.1) is 52.3 Å². The number of fused-ring (bicyclic) bond motifs is 5. The molecule has 4 aliphatic rings. The Labute approximate surface area is 314 Å². The number of ether oxygens (including phenoxy) is 1. The van der Waals surface area contributed by atoms with E-state index in [4.69, 9.17) is 4.74 Å². The third kappa shape index (κ3) is 11.7. The van der Waals surface area contributed by atoms with Crippen molar-refractivity contribution in [2.75, 3.05) is 0 Å². The SMILES string of the molecule is CCCCCCCCCCCCCC=CCC(CC(=O)O)C(=O)OC1CCC2(C)C(=CCC3C2CCC2(C)C(C(C)CCCC(C)C)CCC32)C1. The monoisotopic (exact) mass is 709 g/mol. The van der Waals surface area contributed by atoms with Crippen LogP contribution in [0.5, 0.6) is 0 Å². The standard InChI is InChI=1S/C47H80O4/c1-7-8-9-10-11-12-13-14-15-16-17-18-19-20-24-37(33-44(48)49)45(50)51-39-29-31-46(5)38(34-39)25-26-40-42-28-27-41(36(4)23-21-22-35(2)3)47(42,6)32-30-43(40)46/h19-20,25,35-37,39-43H,7-18,21-24,26-34H2,1-6H3,(H,48,49). The van der Waals surface area contributed by atoms with Crippen LogP contribution < -0.4 is 0 Å². The first-order chi connectivity index (χ1) is 24.5. The fourth-order valence-corrected chi connectivity index (χ4v) is 11.8. The molecule has 292 valence electrons. The quantitative estimate of drug-likeness (QED) is 0.0652. The molecule has 0 bridgehead atoms. The number of esters is 1. The van der Waals surface area contributed by atoms with Gasteiger partial charge >= 0.3 is 11.9 Å². The minimum atomic E-state index is -0.920. The Morgan fingerprint density at radius 1 is 0.843 bits per heavy atom. The minimum Gasteiger partial charge on any atom is -0.481 e. The van der Waals surface area contributed by atoms with Crippen LogP contribution >= 0.6 is 0 Å². The molecule has 0 aromatic heterocycles. The van der Waals surface area contributed by atoms with Crippen LogP contribution in [0.15, 0.2) is 23.8 Å². The smallest absolute Gasteiger partial charge is 0.310 e. The minimum absolute atomic E-state index is 0.124. The second-order valence-corrected chi connectivity index (χ2v) is 18.9. The first-order valence-corrected chi connectivity index (χ1v) is 22.3. The van der Waals surface area contributed by atoms with Crippen LogP contribution in [-0.4, -0.2) is 23.1 Å². The molecule has 4 aliphatic carbocycles. The lowest BCUT2D eigenvalue weighted by Gasteiger charge is -2.58. The van der Waals surface area contributed by atoms with Gasteiger partial charge < -0.3 is 9.84 Å². The summed E-state index contributed by atoms with van der Waals surface area (Å²) < 4.78 is 6.15. The third-order valence-electron chi connectivity index (χ3n) is 14.9. The van der Waals surface area contributed by atoms with E-state index in [1.807, 2.05) is 6.08 Å². The van der Waals surface area contributed by atoms with Gasteiger partial charge in [0.25, 0.3) is 0 Å². The van der Waals surface area contributed by atoms with Crippen molar-refractivity contribution in [3.63, 3.8) is 0 Å². The van der Waals surface area contributed by atoms with Crippen molar-refractivity contribution in [3.8, 4) is 0 Å². The molecule has 0 heterocycles. The number of aliphatic carboxylic acids is 1. The molecule has 0 amide bonds. The summed E-state index contributed by atoms with van der Waals surface area (Å²) in [6.07, 6.45) is 36.3. The highest BCUT2D eigenvalue weighted by molar-refractivity contribution is 5.79. The van der Waals surface area contributed by atoms with Crippen LogP contribution in [-0.2, 0) is 14.3 Å². The van der Waals surface area contributed by atoms with E-state index in [1.54, 1.807) is 0 Å². The van der Waals surface area contributed by atoms with Crippen LogP contribution in [0.4, 0.5) is 0 Å². The molecule has 3 fully saturated rings. The van der Waals surface area contributed by atoms with Crippen molar-refractivity contribution in [2.45, 2.75) is 208 Å². The van der Waals surface area contributed by atoms with Gasteiger partial charge in [-0.3, -0.25) is 9.59 Å². The Kier molecular flexibility index (Phi) is 17.2. The third-order valence-corrected chi connectivity index (χ3v) is 14.9. The predicted octanol–water partition coefficient (Wildman–Crippen LogP) is 13.7. The maximum Gasteiger partial charge on any atom is 0.310 e. The van der Waals surface area contributed by atoms with E-state index in [1.165, 1.54) is 121 Å². The average Bonchev–Trinajstić information content (AvgIpc) is 3.45. The molecule has 0 aliphatic heterocycles.